The molecule has 1 heterocycles. The minimum Gasteiger partial charge on any atom is -0.308 e. The Labute approximate surface area is 187 Å². The van der Waals surface area contributed by atoms with E-state index < -0.39 is 11.0 Å². The largest absolute Gasteiger partial charge is 0.308 e. The average Bonchev–Trinajstić information content (AvgIpc) is 2.78. The smallest absolute Gasteiger partial charge is 0.125 e. The molecule has 1 N–H and O–H groups in total. The molecule has 4 aromatic rings. The second kappa shape index (κ2) is 9.60. The molecule has 0 radical (unpaired) electrons. The van der Waals surface area contributed by atoms with Gasteiger partial charge in [0.05, 0.1) is 27.3 Å². The zero-order chi connectivity index (χ0) is 22.7. The molecule has 1 unspecified atom stereocenters. The summed E-state index contributed by atoms with van der Waals surface area (Å²) in [5.41, 5.74) is 3.64. The molecule has 0 fully saturated rings. The van der Waals surface area contributed by atoms with E-state index in [4.69, 9.17) is 9.97 Å². The molecule has 1 aromatic heterocycles. The summed E-state index contributed by atoms with van der Waals surface area (Å²) in [5, 5.41) is 0. The molecule has 1 atom stereocenters. The number of halogens is 2. The van der Waals surface area contributed by atoms with Gasteiger partial charge in [0, 0.05) is 24.2 Å². The summed E-state index contributed by atoms with van der Waals surface area (Å²) in [6.07, 6.45) is 0. The second-order valence-electron chi connectivity index (χ2n) is 7.55. The van der Waals surface area contributed by atoms with Crippen LogP contribution in [-0.4, -0.2) is 46.3 Å². The third kappa shape index (κ3) is 5.04. The third-order valence-electron chi connectivity index (χ3n) is 4.88. The van der Waals surface area contributed by atoms with Crippen molar-refractivity contribution < 1.29 is 13.0 Å². The van der Waals surface area contributed by atoms with Crippen molar-refractivity contribution in [2.24, 2.45) is 0 Å². The standard InChI is InChI=1S/C24H22F2N4OS/c1-30(2)14-13-27-32(31)20-11-12-21-22(15-20)29-24(17-5-9-19(26)10-6-17)23(28-21)16-3-7-18(25)8-4-16/h3-12,15,27H,13-14H2,1-2H3. The number of rotatable bonds is 7. The zero-order valence-electron chi connectivity index (χ0n) is 17.7. The molecular weight excluding hydrogens is 430 g/mol. The van der Waals surface area contributed by atoms with E-state index in [1.807, 2.05) is 19.0 Å². The molecule has 0 saturated heterocycles. The van der Waals surface area contributed by atoms with Crippen molar-refractivity contribution in [1.29, 1.82) is 0 Å². The zero-order valence-corrected chi connectivity index (χ0v) is 18.5. The molecule has 32 heavy (non-hydrogen) atoms. The molecule has 5 nitrogen and oxygen atoms in total. The minimum absolute atomic E-state index is 0.347. The van der Waals surface area contributed by atoms with Gasteiger partial charge >= 0.3 is 0 Å². The molecule has 0 saturated carbocycles. The summed E-state index contributed by atoms with van der Waals surface area (Å²) in [4.78, 5) is 12.1. The molecule has 4 rings (SSSR count). The van der Waals surface area contributed by atoms with Crippen molar-refractivity contribution in [3.8, 4) is 22.5 Å². The van der Waals surface area contributed by atoms with Crippen LogP contribution in [0.5, 0.6) is 0 Å². The fourth-order valence-corrected chi connectivity index (χ4v) is 4.07. The van der Waals surface area contributed by atoms with Crippen LogP contribution < -0.4 is 4.72 Å². The highest BCUT2D eigenvalue weighted by atomic mass is 32.2. The van der Waals surface area contributed by atoms with E-state index in [2.05, 4.69) is 4.72 Å². The molecule has 8 heteroatoms. The maximum Gasteiger partial charge on any atom is 0.125 e. The second-order valence-corrected chi connectivity index (χ2v) is 8.85. The maximum absolute atomic E-state index is 13.5. The molecule has 0 aliphatic carbocycles. The fourth-order valence-electron chi connectivity index (χ4n) is 3.21. The van der Waals surface area contributed by atoms with E-state index >= 15 is 0 Å². The average molecular weight is 453 g/mol. The first-order valence-corrected chi connectivity index (χ1v) is 11.2. The lowest BCUT2D eigenvalue weighted by atomic mass is 10.0. The van der Waals surface area contributed by atoms with Gasteiger partial charge in [-0.2, -0.15) is 0 Å². The Morgan fingerprint density at radius 2 is 1.34 bits per heavy atom. The first kappa shape index (κ1) is 22.1. The van der Waals surface area contributed by atoms with E-state index in [9.17, 15) is 13.0 Å². The van der Waals surface area contributed by atoms with Crippen molar-refractivity contribution in [3.05, 3.63) is 78.4 Å². The molecule has 0 aliphatic heterocycles. The number of fused-ring (bicyclic) bond motifs is 1. The highest BCUT2D eigenvalue weighted by Gasteiger charge is 2.15. The molecule has 0 aliphatic rings. The third-order valence-corrected chi connectivity index (χ3v) is 6.03. The molecule has 0 amide bonds. The number of benzene rings is 3. The van der Waals surface area contributed by atoms with Gasteiger partial charge in [-0.1, -0.05) is 0 Å². The molecule has 164 valence electrons. The van der Waals surface area contributed by atoms with Crippen LogP contribution in [0.25, 0.3) is 33.5 Å². The molecule has 0 spiro atoms. The van der Waals surface area contributed by atoms with Crippen LogP contribution in [0.15, 0.2) is 71.6 Å². The summed E-state index contributed by atoms with van der Waals surface area (Å²) in [6, 6.07) is 17.2. The summed E-state index contributed by atoms with van der Waals surface area (Å²) >= 11 is 0. The molecular formula is C24H22F2N4OS. The topological polar surface area (TPSA) is 58.1 Å². The lowest BCUT2D eigenvalue weighted by Crippen LogP contribution is -2.27. The van der Waals surface area contributed by atoms with Crippen LogP contribution in [0, 0.1) is 11.6 Å². The van der Waals surface area contributed by atoms with E-state index in [0.717, 1.165) is 6.54 Å². The number of nitrogens with one attached hydrogen (secondary N) is 1. The number of hydrogen-bond donors (Lipinski definition) is 1. The lowest BCUT2D eigenvalue weighted by Gasteiger charge is -2.12. The van der Waals surface area contributed by atoms with E-state index in [1.165, 1.54) is 24.3 Å². The van der Waals surface area contributed by atoms with Gasteiger partial charge in [-0.05, 0) is 80.8 Å². The quantitative estimate of drug-likeness (QED) is 0.451. The van der Waals surface area contributed by atoms with Gasteiger partial charge in [-0.15, -0.1) is 0 Å². The first-order chi connectivity index (χ1) is 15.4. The fraction of sp³-hybridized carbons (Fsp3) is 0.167. The van der Waals surface area contributed by atoms with Crippen LogP contribution in [0.1, 0.15) is 0 Å². The first-order valence-electron chi connectivity index (χ1n) is 10.0. The number of hydrogen-bond acceptors (Lipinski definition) is 4. The van der Waals surface area contributed by atoms with Crippen molar-refractivity contribution in [3.63, 3.8) is 0 Å². The van der Waals surface area contributed by atoms with Crippen LogP contribution in [0.3, 0.4) is 0 Å². The van der Waals surface area contributed by atoms with Crippen LogP contribution >= 0.6 is 0 Å². The summed E-state index contributed by atoms with van der Waals surface area (Å²) in [6.45, 7) is 1.34. The van der Waals surface area contributed by atoms with E-state index in [1.54, 1.807) is 42.5 Å². The van der Waals surface area contributed by atoms with Crippen LogP contribution in [-0.2, 0) is 11.0 Å². The Morgan fingerprint density at radius 3 is 1.88 bits per heavy atom. The van der Waals surface area contributed by atoms with Crippen LogP contribution in [0.2, 0.25) is 0 Å². The van der Waals surface area contributed by atoms with Gasteiger partial charge in [0.2, 0.25) is 0 Å². The van der Waals surface area contributed by atoms with Crippen molar-refractivity contribution in [2.75, 3.05) is 27.2 Å². The summed E-state index contributed by atoms with van der Waals surface area (Å²) in [5.74, 6) is -0.702. The Hall–Kier alpha value is -3.07. The van der Waals surface area contributed by atoms with Gasteiger partial charge in [0.15, 0.2) is 0 Å². The van der Waals surface area contributed by atoms with Crippen molar-refractivity contribution >= 4 is 22.0 Å². The maximum atomic E-state index is 13.5. The predicted octanol–water partition coefficient (Wildman–Crippen LogP) is 4.42. The Balaban J connectivity index is 1.79. The van der Waals surface area contributed by atoms with Gasteiger partial charge < -0.3 is 4.90 Å². The Morgan fingerprint density at radius 1 is 0.812 bits per heavy atom. The van der Waals surface area contributed by atoms with Gasteiger partial charge in [0.25, 0.3) is 0 Å². The van der Waals surface area contributed by atoms with Crippen LogP contribution in [0.4, 0.5) is 8.78 Å². The monoisotopic (exact) mass is 452 g/mol. The minimum atomic E-state index is -1.39. The van der Waals surface area contributed by atoms with Gasteiger partial charge in [-0.3, -0.25) is 0 Å². The number of nitrogens with zero attached hydrogens (tertiary/aromatic N) is 3. The highest BCUT2D eigenvalue weighted by Crippen LogP contribution is 2.31. The summed E-state index contributed by atoms with van der Waals surface area (Å²) < 4.78 is 42.6. The normalized spacial score (nSPS) is 12.4. The number of likely N-dealkylation sites (N-methyl/N-ethyl adjacent to an activating group) is 1. The number of aromatic nitrogens is 2. The lowest BCUT2D eigenvalue weighted by molar-refractivity contribution is 0.414. The van der Waals surface area contributed by atoms with E-state index in [0.29, 0.717) is 45.0 Å². The van der Waals surface area contributed by atoms with Gasteiger partial charge in [0.1, 0.15) is 22.6 Å². The molecule has 3 aromatic carbocycles. The summed E-state index contributed by atoms with van der Waals surface area (Å²) in [7, 11) is 2.51. The molecule has 0 bridgehead atoms. The highest BCUT2D eigenvalue weighted by molar-refractivity contribution is 7.83. The Bertz CT molecular complexity index is 1260. The van der Waals surface area contributed by atoms with Crippen molar-refractivity contribution in [1.82, 2.24) is 19.6 Å². The van der Waals surface area contributed by atoms with E-state index in [-0.39, 0.29) is 11.6 Å². The van der Waals surface area contributed by atoms with Crippen molar-refractivity contribution in [2.45, 2.75) is 4.90 Å². The van der Waals surface area contributed by atoms with Gasteiger partial charge in [-0.25, -0.2) is 27.7 Å². The predicted molar refractivity (Wildman–Crippen MR) is 123 cm³/mol. The SMILES string of the molecule is CN(C)CCNS(=O)c1ccc2nc(-c3ccc(F)cc3)c(-c3ccc(F)cc3)nc2c1. The Kier molecular flexibility index (Phi) is 6.64.